The molecule has 1 unspecified atom stereocenters. The molecule has 1 fully saturated rings. The summed E-state index contributed by atoms with van der Waals surface area (Å²) in [4.78, 5) is 66.5. The summed E-state index contributed by atoms with van der Waals surface area (Å²) in [5.74, 6) is -6.27. The molecule has 0 saturated carbocycles. The number of hydrogen-bond acceptors (Lipinski definition) is 14. The van der Waals surface area contributed by atoms with Crippen LogP contribution in [0.4, 0.5) is 0 Å². The van der Waals surface area contributed by atoms with Crippen LogP contribution in [-0.2, 0) is 54.4 Å². The van der Waals surface area contributed by atoms with Gasteiger partial charge in [0.1, 0.15) is 15.4 Å². The summed E-state index contributed by atoms with van der Waals surface area (Å²) < 4.78 is 57.9. The quantitative estimate of drug-likeness (QED) is 0.169. The number of nitrogens with zero attached hydrogens (tertiary/aromatic N) is 2. The van der Waals surface area contributed by atoms with Crippen molar-refractivity contribution in [3.63, 3.8) is 0 Å². The van der Waals surface area contributed by atoms with Crippen molar-refractivity contribution in [2.24, 2.45) is 0 Å². The molecular formula is C13H12N2Na2O14S2. The molecule has 3 amide bonds. The average Bonchev–Trinajstić information content (AvgIpc) is 3.08. The van der Waals surface area contributed by atoms with Gasteiger partial charge in [0.25, 0.3) is 17.7 Å². The molecule has 2 rings (SSSR count). The molecule has 0 radical (unpaired) electrons. The van der Waals surface area contributed by atoms with Crippen molar-refractivity contribution >= 4 is 50.4 Å². The molecule has 0 aromatic carbocycles. The molecule has 0 aliphatic carbocycles. The first-order valence-corrected chi connectivity index (χ1v) is 10.4. The smallest absolute Gasteiger partial charge is 0.858 e. The zero-order valence-corrected chi connectivity index (χ0v) is 22.7. The van der Waals surface area contributed by atoms with E-state index in [2.05, 4.69) is 9.68 Å². The Labute approximate surface area is 231 Å². The monoisotopic (exact) mass is 530 g/mol. The molecule has 2 aliphatic rings. The van der Waals surface area contributed by atoms with Crippen LogP contribution in [0.1, 0.15) is 32.1 Å². The molecule has 16 nitrogen and oxygen atoms in total. The second kappa shape index (κ2) is 14.8. The molecule has 33 heavy (non-hydrogen) atoms. The minimum Gasteiger partial charge on any atom is -0.858 e. The third-order valence-electron chi connectivity index (χ3n) is 3.44. The Bertz CT molecular complexity index is 1030. The van der Waals surface area contributed by atoms with Crippen LogP contribution < -0.4 is 64.2 Å². The topological polar surface area (TPSA) is 242 Å². The van der Waals surface area contributed by atoms with Crippen LogP contribution in [0, 0.1) is 0 Å². The van der Waals surface area contributed by atoms with Gasteiger partial charge in [0.15, 0.2) is 0 Å². The Morgan fingerprint density at radius 1 is 1.00 bits per heavy atom. The minimum absolute atomic E-state index is 0. The zero-order valence-electron chi connectivity index (χ0n) is 17.1. The Kier molecular flexibility index (Phi) is 15.1. The van der Waals surface area contributed by atoms with Crippen molar-refractivity contribution in [1.29, 1.82) is 0 Å². The number of carbonyl (C=O) groups is 5. The molecule has 172 valence electrons. The van der Waals surface area contributed by atoms with Crippen LogP contribution in [0.25, 0.3) is 0 Å². The van der Waals surface area contributed by atoms with Gasteiger partial charge in [0, 0.05) is 25.1 Å². The summed E-state index contributed by atoms with van der Waals surface area (Å²) >= 11 is 0. The molecule has 2 heterocycles. The van der Waals surface area contributed by atoms with E-state index in [-0.39, 0.29) is 82.1 Å². The van der Waals surface area contributed by atoms with Gasteiger partial charge in [0.05, 0.1) is 6.42 Å². The largest absolute Gasteiger partial charge is 1.00 e. The summed E-state index contributed by atoms with van der Waals surface area (Å²) in [7, 11) is -8.19. The van der Waals surface area contributed by atoms with Crippen molar-refractivity contribution in [3.8, 4) is 0 Å². The molecule has 1 saturated heterocycles. The van der Waals surface area contributed by atoms with Crippen molar-refractivity contribution in [2.45, 2.75) is 37.4 Å². The number of rotatable bonds is 7. The van der Waals surface area contributed by atoms with Crippen LogP contribution in [-0.4, -0.2) is 70.6 Å². The van der Waals surface area contributed by atoms with E-state index in [1.165, 1.54) is 0 Å². The predicted octanol–water partition coefficient (Wildman–Crippen LogP) is -9.82. The summed E-state index contributed by atoms with van der Waals surface area (Å²) in [6, 6.07) is 0. The van der Waals surface area contributed by atoms with Gasteiger partial charge in [-0.3, -0.25) is 14.4 Å². The molecule has 0 aromatic heterocycles. The molecule has 1 atom stereocenters. The van der Waals surface area contributed by atoms with Gasteiger partial charge in [-0.15, -0.1) is 17.7 Å². The Balaban J connectivity index is 0. The Morgan fingerprint density at radius 2 is 1.45 bits per heavy atom. The summed E-state index contributed by atoms with van der Waals surface area (Å²) in [6.45, 7) is 0. The van der Waals surface area contributed by atoms with Crippen molar-refractivity contribution < 1.29 is 123 Å². The maximum absolute atomic E-state index is 11.6. The number of hydrogen-bond donors (Lipinski definition) is 0. The van der Waals surface area contributed by atoms with E-state index < -0.39 is 80.8 Å². The average molecular weight is 530 g/mol. The summed E-state index contributed by atoms with van der Waals surface area (Å²) in [5, 5.41) is 9.25. The Morgan fingerprint density at radius 3 is 1.82 bits per heavy atom. The number of hydroxylamine groups is 4. The first-order valence-electron chi connectivity index (χ1n) is 7.94. The maximum Gasteiger partial charge on any atom is 1.00 e. The number of amides is 3. The van der Waals surface area contributed by atoms with Gasteiger partial charge in [0.2, 0.25) is 0 Å². The summed E-state index contributed by atoms with van der Waals surface area (Å²) in [5.41, 5.74) is 0. The normalized spacial score (nSPS) is 17.2. The summed E-state index contributed by atoms with van der Waals surface area (Å²) in [6.07, 6.45) is -1.17. The molecule has 20 heteroatoms. The second-order valence-corrected chi connectivity index (χ2v) is 7.59. The van der Waals surface area contributed by atoms with E-state index in [1.54, 1.807) is 0 Å². The standard InChI is InChI=1S/C13H14N2O11S.2Na.O3S/c16-8-4-5-9(17)14(8)25-11(19)2-1-3-12(20)26-15-10(18)6-7(13(15)21)27(22,23)24;;;1-4(2)3/h4,7,16H,1-3,5-6H2,(H,22,23,24);;;/q;2*+1;/p-2. The Hall–Kier alpha value is -1.38. The molecular weight excluding hydrogens is 518 g/mol. The van der Waals surface area contributed by atoms with E-state index >= 15 is 0 Å². The third-order valence-corrected chi connectivity index (χ3v) is 4.50. The molecule has 0 spiro atoms. The van der Waals surface area contributed by atoms with Crippen molar-refractivity contribution in [2.75, 3.05) is 0 Å². The van der Waals surface area contributed by atoms with E-state index in [0.29, 0.717) is 0 Å². The molecule has 2 aliphatic heterocycles. The fourth-order valence-electron chi connectivity index (χ4n) is 2.14. The second-order valence-electron chi connectivity index (χ2n) is 5.63. The number of imide groups is 1. The van der Waals surface area contributed by atoms with Crippen LogP contribution >= 0.6 is 0 Å². The van der Waals surface area contributed by atoms with Gasteiger partial charge < -0.3 is 19.3 Å². The SMILES string of the molecule is O=C(CCCC(=O)ON1C(=O)CC=C1[O-])ON1C(=O)CC(S(=O)(=O)[O-])C1=O.O=S(=O)=O.[Na+].[Na+]. The van der Waals surface area contributed by atoms with Crippen molar-refractivity contribution in [3.05, 3.63) is 12.0 Å². The maximum atomic E-state index is 11.6. The minimum atomic E-state index is -5.08. The van der Waals surface area contributed by atoms with E-state index in [0.717, 1.165) is 6.08 Å². The molecule has 0 bridgehead atoms. The fourth-order valence-corrected chi connectivity index (χ4v) is 2.82. The van der Waals surface area contributed by atoms with Crippen LogP contribution in [0.15, 0.2) is 12.0 Å². The van der Waals surface area contributed by atoms with Gasteiger partial charge >= 0.3 is 81.7 Å². The first kappa shape index (κ1) is 33.8. The first-order chi connectivity index (χ1) is 14.2. The van der Waals surface area contributed by atoms with E-state index in [9.17, 15) is 42.0 Å². The molecule has 0 aromatic rings. The van der Waals surface area contributed by atoms with Gasteiger partial charge in [-0.2, -0.15) is 5.06 Å². The van der Waals surface area contributed by atoms with Crippen LogP contribution in [0.5, 0.6) is 0 Å². The van der Waals surface area contributed by atoms with E-state index in [1.807, 2.05) is 0 Å². The van der Waals surface area contributed by atoms with Gasteiger partial charge in [-0.05, 0) is 6.42 Å². The van der Waals surface area contributed by atoms with E-state index in [4.69, 9.17) is 12.6 Å². The van der Waals surface area contributed by atoms with Crippen molar-refractivity contribution in [1.82, 2.24) is 10.1 Å². The number of carbonyl (C=O) groups excluding carboxylic acids is 5. The van der Waals surface area contributed by atoms with Gasteiger partial charge in [-0.25, -0.2) is 18.0 Å². The van der Waals surface area contributed by atoms with Crippen LogP contribution in [0.2, 0.25) is 0 Å². The fraction of sp³-hybridized carbons (Fsp3) is 0.462. The molecule has 0 N–H and O–H groups in total. The van der Waals surface area contributed by atoms with Gasteiger partial charge in [-0.1, -0.05) is 6.08 Å². The van der Waals surface area contributed by atoms with Crippen LogP contribution in [0.3, 0.4) is 0 Å². The predicted molar refractivity (Wildman–Crippen MR) is 85.2 cm³/mol. The third kappa shape index (κ3) is 11.1. The zero-order chi connectivity index (χ0) is 23.9.